The van der Waals surface area contributed by atoms with Gasteiger partial charge in [-0.3, -0.25) is 9.13 Å². The third-order valence-electron chi connectivity index (χ3n) is 3.84. The van der Waals surface area contributed by atoms with Crippen LogP contribution in [0.3, 0.4) is 0 Å². The Morgan fingerprint density at radius 2 is 1.31 bits per heavy atom. The fourth-order valence-corrected chi connectivity index (χ4v) is 8.39. The van der Waals surface area contributed by atoms with Crippen LogP contribution < -0.4 is 5.32 Å². The highest BCUT2D eigenvalue weighted by molar-refractivity contribution is 7.76. The largest absolute Gasteiger partial charge is 0.374 e. The lowest BCUT2D eigenvalue weighted by atomic mass is 10.1. The van der Waals surface area contributed by atoms with E-state index < -0.39 is 20.2 Å². The number of rotatable bonds is 10. The normalized spacial score (nSPS) is 16.4. The highest BCUT2D eigenvalue weighted by Gasteiger charge is 2.71. The highest BCUT2D eigenvalue weighted by Crippen LogP contribution is 2.79. The Kier molecular flexibility index (Phi) is 6.83. The SMILES string of the molecule is CCOP(=O)(OCC)C1(P(=O)(OCC)OCC)Nc2ccccc2C1=N. The molecule has 0 bridgehead atoms. The van der Waals surface area contributed by atoms with Crippen LogP contribution in [0.2, 0.25) is 0 Å². The summed E-state index contributed by atoms with van der Waals surface area (Å²) in [6.45, 7) is 6.78. The Bertz CT molecular complexity index is 704. The van der Waals surface area contributed by atoms with Crippen LogP contribution in [0.4, 0.5) is 5.69 Å². The van der Waals surface area contributed by atoms with E-state index in [4.69, 9.17) is 23.5 Å². The van der Waals surface area contributed by atoms with E-state index in [0.717, 1.165) is 0 Å². The molecule has 0 aromatic heterocycles. The van der Waals surface area contributed by atoms with Gasteiger partial charge in [0.25, 0.3) is 5.02 Å². The van der Waals surface area contributed by atoms with Gasteiger partial charge in [-0.2, -0.15) is 0 Å². The Morgan fingerprint density at radius 1 is 0.885 bits per heavy atom. The van der Waals surface area contributed by atoms with Gasteiger partial charge < -0.3 is 28.8 Å². The molecule has 1 aromatic carbocycles. The number of nitrogens with one attached hydrogen (secondary N) is 2. The van der Waals surface area contributed by atoms with Crippen LogP contribution in [-0.4, -0.2) is 37.2 Å². The molecule has 0 saturated carbocycles. The molecule has 2 rings (SSSR count). The summed E-state index contributed by atoms with van der Waals surface area (Å²) in [6, 6.07) is 6.88. The van der Waals surface area contributed by atoms with Gasteiger partial charge in [0.2, 0.25) is 0 Å². The van der Waals surface area contributed by atoms with Crippen molar-refractivity contribution in [3.63, 3.8) is 0 Å². The summed E-state index contributed by atoms with van der Waals surface area (Å²) in [4.78, 5) is 0. The maximum atomic E-state index is 13.8. The lowest BCUT2D eigenvalue weighted by molar-refractivity contribution is 0.191. The van der Waals surface area contributed by atoms with Crippen LogP contribution in [0.15, 0.2) is 24.3 Å². The first-order valence-corrected chi connectivity index (χ1v) is 11.7. The van der Waals surface area contributed by atoms with Crippen LogP contribution in [0.5, 0.6) is 0 Å². The molecule has 0 atom stereocenters. The van der Waals surface area contributed by atoms with E-state index >= 15 is 0 Å². The van der Waals surface area contributed by atoms with Crippen molar-refractivity contribution < 1.29 is 27.2 Å². The molecular formula is C16H26N2O6P2. The van der Waals surface area contributed by atoms with Gasteiger partial charge in [0.1, 0.15) is 0 Å². The summed E-state index contributed by atoms with van der Waals surface area (Å²) in [5.41, 5.74) is 0.757. The van der Waals surface area contributed by atoms with Crippen molar-refractivity contribution in [2.75, 3.05) is 31.7 Å². The number of anilines is 1. The molecule has 1 aromatic rings. The monoisotopic (exact) mass is 404 g/mol. The summed E-state index contributed by atoms with van der Waals surface area (Å²) < 4.78 is 49.6. The van der Waals surface area contributed by atoms with Gasteiger partial charge in [-0.25, -0.2) is 0 Å². The van der Waals surface area contributed by atoms with E-state index in [0.29, 0.717) is 11.3 Å². The van der Waals surface area contributed by atoms with Gasteiger partial charge >= 0.3 is 15.2 Å². The maximum Gasteiger partial charge on any atom is 0.374 e. The fourth-order valence-electron chi connectivity index (χ4n) is 2.94. The second kappa shape index (κ2) is 8.34. The molecule has 10 heteroatoms. The molecular weight excluding hydrogens is 378 g/mol. The van der Waals surface area contributed by atoms with E-state index in [1.807, 2.05) is 0 Å². The zero-order chi connectivity index (χ0) is 19.4. The summed E-state index contributed by atoms with van der Waals surface area (Å²) in [7, 11) is -8.33. The van der Waals surface area contributed by atoms with Crippen molar-refractivity contribution >= 4 is 26.6 Å². The fraction of sp³-hybridized carbons (Fsp3) is 0.562. The molecule has 1 heterocycles. The van der Waals surface area contributed by atoms with Crippen LogP contribution >= 0.6 is 15.2 Å². The van der Waals surface area contributed by atoms with Crippen molar-refractivity contribution in [1.82, 2.24) is 0 Å². The molecule has 26 heavy (non-hydrogen) atoms. The summed E-state index contributed by atoms with van der Waals surface area (Å²) in [5.74, 6) is 0. The quantitative estimate of drug-likeness (QED) is 0.546. The topological polar surface area (TPSA) is 107 Å². The van der Waals surface area contributed by atoms with E-state index in [1.165, 1.54) is 0 Å². The molecule has 0 fully saturated rings. The zero-order valence-corrected chi connectivity index (χ0v) is 17.3. The number of hydrogen-bond acceptors (Lipinski definition) is 8. The van der Waals surface area contributed by atoms with E-state index in [1.54, 1.807) is 52.0 Å². The highest BCUT2D eigenvalue weighted by atomic mass is 31.2. The van der Waals surface area contributed by atoms with Crippen molar-refractivity contribution in [2.45, 2.75) is 32.7 Å². The molecule has 0 spiro atoms. The lowest BCUT2D eigenvalue weighted by Gasteiger charge is -2.39. The predicted octanol–water partition coefficient (Wildman–Crippen LogP) is 4.67. The first-order chi connectivity index (χ1) is 12.4. The molecule has 0 radical (unpaired) electrons. The number of benzene rings is 1. The summed E-state index contributed by atoms with van der Waals surface area (Å²) in [5, 5.41) is 9.63. The van der Waals surface area contributed by atoms with Gasteiger partial charge in [0.05, 0.1) is 32.1 Å². The minimum Gasteiger partial charge on any atom is -0.354 e. The van der Waals surface area contributed by atoms with E-state index in [2.05, 4.69) is 5.32 Å². The molecule has 1 aliphatic heterocycles. The van der Waals surface area contributed by atoms with Crippen LogP contribution in [0.1, 0.15) is 33.3 Å². The summed E-state index contributed by atoms with van der Waals surface area (Å²) >= 11 is 0. The van der Waals surface area contributed by atoms with Gasteiger partial charge in [-0.05, 0) is 33.8 Å². The van der Waals surface area contributed by atoms with Crippen LogP contribution in [0, 0.1) is 5.41 Å². The molecule has 0 saturated heterocycles. The van der Waals surface area contributed by atoms with E-state index in [9.17, 15) is 9.13 Å². The van der Waals surface area contributed by atoms with Crippen LogP contribution in [0.25, 0.3) is 0 Å². The predicted molar refractivity (Wildman–Crippen MR) is 101 cm³/mol. The molecule has 0 aliphatic carbocycles. The van der Waals surface area contributed by atoms with Crippen molar-refractivity contribution in [3.05, 3.63) is 29.8 Å². The van der Waals surface area contributed by atoms with Gasteiger partial charge in [0, 0.05) is 11.3 Å². The first-order valence-electron chi connectivity index (χ1n) is 8.60. The average Bonchev–Trinajstić information content (AvgIpc) is 2.91. The Morgan fingerprint density at radius 3 is 1.69 bits per heavy atom. The van der Waals surface area contributed by atoms with Crippen molar-refractivity contribution in [3.8, 4) is 0 Å². The first kappa shape index (κ1) is 21.3. The Balaban J connectivity index is 2.77. The minimum atomic E-state index is -4.17. The third kappa shape index (κ3) is 3.19. The lowest BCUT2D eigenvalue weighted by Crippen LogP contribution is -2.44. The van der Waals surface area contributed by atoms with Gasteiger partial charge in [-0.15, -0.1) is 0 Å². The standard InChI is InChI=1S/C16H26N2O6P2/c1-5-21-25(19,22-6-2)16(26(20,23-7-3)24-8-4)15(17)13-11-9-10-12-14(13)18-16/h9-12,17-18H,5-8H2,1-4H3. The van der Waals surface area contributed by atoms with Gasteiger partial charge in [-0.1, -0.05) is 18.2 Å². The minimum absolute atomic E-state index is 0.0442. The zero-order valence-electron chi connectivity index (χ0n) is 15.5. The maximum absolute atomic E-state index is 13.8. The van der Waals surface area contributed by atoms with Crippen molar-refractivity contribution in [1.29, 1.82) is 5.41 Å². The van der Waals surface area contributed by atoms with Gasteiger partial charge in [0.15, 0.2) is 0 Å². The number of fused-ring (bicyclic) bond motifs is 1. The Labute approximate surface area is 154 Å². The molecule has 2 N–H and O–H groups in total. The molecule has 146 valence electrons. The van der Waals surface area contributed by atoms with Crippen molar-refractivity contribution in [2.24, 2.45) is 0 Å². The second-order valence-electron chi connectivity index (χ2n) is 5.38. The molecule has 0 amide bonds. The summed E-state index contributed by atoms with van der Waals surface area (Å²) in [6.07, 6.45) is 0. The molecule has 8 nitrogen and oxygen atoms in total. The smallest absolute Gasteiger partial charge is 0.354 e. The number of hydrogen-bond donors (Lipinski definition) is 2. The second-order valence-corrected chi connectivity index (χ2v) is 10.1. The Hall–Kier alpha value is -1.01. The molecule has 1 aliphatic rings. The third-order valence-corrected chi connectivity index (χ3v) is 9.96. The average molecular weight is 404 g/mol. The number of para-hydroxylation sites is 1. The van der Waals surface area contributed by atoms with Crippen LogP contribution in [-0.2, 0) is 27.2 Å². The van der Waals surface area contributed by atoms with E-state index in [-0.39, 0.29) is 32.1 Å². The molecule has 0 unspecified atom stereocenters.